The number of anilines is 1. The van der Waals surface area contributed by atoms with Gasteiger partial charge in [0.2, 0.25) is 0 Å². The normalized spacial score (nSPS) is 7.30. The fraction of sp³-hybridized carbons (Fsp3) is 0. The SMILES string of the molecule is C=CI.Nc1ccccc1. The molecule has 0 aliphatic carbocycles. The van der Waals surface area contributed by atoms with E-state index >= 15 is 0 Å². The highest BCUT2D eigenvalue weighted by atomic mass is 127. The van der Waals surface area contributed by atoms with Crippen LogP contribution in [-0.2, 0) is 0 Å². The molecule has 0 saturated carbocycles. The van der Waals surface area contributed by atoms with E-state index in [1.165, 1.54) is 0 Å². The zero-order valence-corrected chi connectivity index (χ0v) is 7.78. The summed E-state index contributed by atoms with van der Waals surface area (Å²) in [5.74, 6) is 0. The van der Waals surface area contributed by atoms with E-state index in [0.717, 1.165) is 5.69 Å². The van der Waals surface area contributed by atoms with Crippen LogP contribution in [-0.4, -0.2) is 0 Å². The summed E-state index contributed by atoms with van der Waals surface area (Å²) in [6.45, 7) is 3.35. The Morgan fingerprint density at radius 1 is 1.30 bits per heavy atom. The minimum atomic E-state index is 0.822. The minimum absolute atomic E-state index is 0.822. The van der Waals surface area contributed by atoms with Crippen LogP contribution < -0.4 is 5.73 Å². The predicted octanol–water partition coefficient (Wildman–Crippen LogP) is 2.83. The second-order valence-corrected chi connectivity index (χ2v) is 2.45. The van der Waals surface area contributed by atoms with Gasteiger partial charge in [0.15, 0.2) is 0 Å². The fourth-order valence-electron chi connectivity index (χ4n) is 0.453. The van der Waals surface area contributed by atoms with Crippen LogP contribution in [0.3, 0.4) is 0 Å². The molecule has 0 saturated heterocycles. The molecule has 0 bridgehead atoms. The second-order valence-electron chi connectivity index (χ2n) is 1.56. The molecule has 0 heterocycles. The van der Waals surface area contributed by atoms with Gasteiger partial charge in [0.25, 0.3) is 0 Å². The molecule has 0 unspecified atom stereocenters. The van der Waals surface area contributed by atoms with Crippen LogP contribution in [0.25, 0.3) is 0 Å². The minimum Gasteiger partial charge on any atom is -0.399 e. The zero-order chi connectivity index (χ0) is 7.82. The summed E-state index contributed by atoms with van der Waals surface area (Å²) in [6, 6.07) is 9.49. The molecule has 0 aliphatic rings. The largest absolute Gasteiger partial charge is 0.399 e. The number of hydrogen-bond donors (Lipinski definition) is 1. The highest BCUT2D eigenvalue weighted by Gasteiger charge is 1.72. The summed E-state index contributed by atoms with van der Waals surface area (Å²) in [5.41, 5.74) is 6.18. The second kappa shape index (κ2) is 6.61. The Hall–Kier alpha value is -0.510. The van der Waals surface area contributed by atoms with E-state index in [4.69, 9.17) is 5.73 Å². The van der Waals surface area contributed by atoms with E-state index in [9.17, 15) is 0 Å². The topological polar surface area (TPSA) is 26.0 Å². The monoisotopic (exact) mass is 247 g/mol. The summed E-state index contributed by atoms with van der Waals surface area (Å²) in [6.07, 6.45) is 0. The summed E-state index contributed by atoms with van der Waals surface area (Å²) >= 11 is 2.05. The maximum absolute atomic E-state index is 5.36. The lowest BCUT2D eigenvalue weighted by Crippen LogP contribution is -1.79. The Balaban J connectivity index is 0.000000236. The number of halogens is 1. The molecule has 1 aromatic rings. The van der Waals surface area contributed by atoms with Crippen LogP contribution in [0.1, 0.15) is 0 Å². The van der Waals surface area contributed by atoms with Crippen molar-refractivity contribution in [1.82, 2.24) is 0 Å². The standard InChI is InChI=1S/C6H7N.C2H3I/c7-6-4-2-1-3-5-6;1-2-3/h1-5H,7H2;2H,1H2. The molecule has 10 heavy (non-hydrogen) atoms. The van der Waals surface area contributed by atoms with Crippen molar-refractivity contribution in [2.24, 2.45) is 0 Å². The molecule has 0 atom stereocenters. The van der Waals surface area contributed by atoms with Crippen LogP contribution in [0.15, 0.2) is 41.0 Å². The maximum atomic E-state index is 5.36. The van der Waals surface area contributed by atoms with Gasteiger partial charge in [-0.05, 0) is 16.2 Å². The first-order valence-corrected chi connectivity index (χ1v) is 4.07. The molecule has 1 rings (SSSR count). The van der Waals surface area contributed by atoms with Crippen molar-refractivity contribution < 1.29 is 0 Å². The average molecular weight is 247 g/mol. The molecule has 0 aliphatic heterocycles. The van der Waals surface area contributed by atoms with Gasteiger partial charge in [0, 0.05) is 5.69 Å². The maximum Gasteiger partial charge on any atom is 0.0313 e. The average Bonchev–Trinajstić information content (AvgIpc) is 1.91. The Labute approximate surface area is 75.1 Å². The molecule has 0 fully saturated rings. The fourth-order valence-corrected chi connectivity index (χ4v) is 0.453. The zero-order valence-electron chi connectivity index (χ0n) is 5.63. The molecule has 2 N–H and O–H groups in total. The quantitative estimate of drug-likeness (QED) is 0.553. The highest BCUT2D eigenvalue weighted by molar-refractivity contribution is 14.1. The first-order valence-electron chi connectivity index (χ1n) is 2.83. The van der Waals surface area contributed by atoms with Crippen molar-refractivity contribution in [3.05, 3.63) is 41.0 Å². The summed E-state index contributed by atoms with van der Waals surface area (Å²) in [5, 5.41) is 0. The van der Waals surface area contributed by atoms with Crippen molar-refractivity contribution >= 4 is 28.3 Å². The Morgan fingerprint density at radius 3 is 1.90 bits per heavy atom. The van der Waals surface area contributed by atoms with Crippen LogP contribution in [0.2, 0.25) is 0 Å². The van der Waals surface area contributed by atoms with Gasteiger partial charge in [-0.25, -0.2) is 0 Å². The molecule has 54 valence electrons. The molecule has 1 aromatic carbocycles. The van der Waals surface area contributed by atoms with Crippen molar-refractivity contribution in [1.29, 1.82) is 0 Å². The lowest BCUT2D eigenvalue weighted by atomic mass is 10.3. The molecule has 0 spiro atoms. The molecular formula is C8H10IN. The van der Waals surface area contributed by atoms with Crippen molar-refractivity contribution in [3.8, 4) is 0 Å². The number of rotatable bonds is 0. The smallest absolute Gasteiger partial charge is 0.0313 e. The van der Waals surface area contributed by atoms with Crippen molar-refractivity contribution in [2.75, 3.05) is 5.73 Å². The van der Waals surface area contributed by atoms with Crippen molar-refractivity contribution in [2.45, 2.75) is 0 Å². The van der Waals surface area contributed by atoms with E-state index in [2.05, 4.69) is 29.2 Å². The Kier molecular flexibility index (Phi) is 6.27. The number of benzene rings is 1. The van der Waals surface area contributed by atoms with Gasteiger partial charge < -0.3 is 5.73 Å². The van der Waals surface area contributed by atoms with Crippen molar-refractivity contribution in [3.63, 3.8) is 0 Å². The number of nitrogens with two attached hydrogens (primary N) is 1. The first kappa shape index (κ1) is 9.49. The summed E-state index contributed by atoms with van der Waals surface area (Å²) in [7, 11) is 0. The van der Waals surface area contributed by atoms with E-state index in [1.54, 1.807) is 4.08 Å². The number of hydrogen-bond acceptors (Lipinski definition) is 1. The molecule has 1 nitrogen and oxygen atoms in total. The summed E-state index contributed by atoms with van der Waals surface area (Å²) in [4.78, 5) is 0. The first-order chi connectivity index (χ1) is 4.81. The highest BCUT2D eigenvalue weighted by Crippen LogP contribution is 1.95. The van der Waals surface area contributed by atoms with Crippen LogP contribution in [0, 0.1) is 0 Å². The number of para-hydroxylation sites is 1. The lowest BCUT2D eigenvalue weighted by molar-refractivity contribution is 1.69. The van der Waals surface area contributed by atoms with E-state index in [0.29, 0.717) is 0 Å². The van der Waals surface area contributed by atoms with Gasteiger partial charge in [-0.2, -0.15) is 0 Å². The predicted molar refractivity (Wildman–Crippen MR) is 55.1 cm³/mol. The van der Waals surface area contributed by atoms with E-state index in [-0.39, 0.29) is 0 Å². The van der Waals surface area contributed by atoms with Gasteiger partial charge in [-0.1, -0.05) is 47.4 Å². The number of nitrogen functional groups attached to an aromatic ring is 1. The summed E-state index contributed by atoms with van der Waals surface area (Å²) < 4.78 is 1.72. The molecule has 0 radical (unpaired) electrons. The molecule has 0 aromatic heterocycles. The lowest BCUT2D eigenvalue weighted by Gasteiger charge is -1.83. The third kappa shape index (κ3) is 5.62. The van der Waals surface area contributed by atoms with E-state index in [1.807, 2.05) is 30.3 Å². The third-order valence-electron chi connectivity index (χ3n) is 0.800. The Morgan fingerprint density at radius 2 is 1.70 bits per heavy atom. The molecule has 0 amide bonds. The van der Waals surface area contributed by atoms with Crippen LogP contribution in [0.4, 0.5) is 5.69 Å². The van der Waals surface area contributed by atoms with Gasteiger partial charge in [0.1, 0.15) is 0 Å². The third-order valence-corrected chi connectivity index (χ3v) is 0.800. The van der Waals surface area contributed by atoms with Gasteiger partial charge in [-0.15, -0.1) is 0 Å². The van der Waals surface area contributed by atoms with Gasteiger partial charge >= 0.3 is 0 Å². The Bertz CT molecular complexity index is 172. The molecule has 2 heteroatoms. The van der Waals surface area contributed by atoms with Gasteiger partial charge in [-0.3, -0.25) is 0 Å². The van der Waals surface area contributed by atoms with Gasteiger partial charge in [0.05, 0.1) is 0 Å². The van der Waals surface area contributed by atoms with Crippen LogP contribution >= 0.6 is 22.6 Å². The van der Waals surface area contributed by atoms with E-state index < -0.39 is 0 Å². The van der Waals surface area contributed by atoms with Crippen LogP contribution in [0.5, 0.6) is 0 Å². The molecular weight excluding hydrogens is 237 g/mol.